The maximum absolute atomic E-state index is 11.9. The minimum Gasteiger partial charge on any atom is -0.385 e. The van der Waals surface area contributed by atoms with Crippen molar-refractivity contribution in [2.45, 2.75) is 57.7 Å². The van der Waals surface area contributed by atoms with Gasteiger partial charge in [-0.1, -0.05) is 6.07 Å². The van der Waals surface area contributed by atoms with Gasteiger partial charge in [-0.3, -0.25) is 4.79 Å². The van der Waals surface area contributed by atoms with E-state index in [2.05, 4.69) is 15.4 Å². The SMILES string of the molecule is CC(=O)Nc1cccc(NCC2CCC(NS(=O)(=O)C(C)C)CC2)c1. The minimum absolute atomic E-state index is 0.0618. The Labute approximate surface area is 150 Å². The highest BCUT2D eigenvalue weighted by molar-refractivity contribution is 7.90. The molecule has 0 aliphatic heterocycles. The van der Waals surface area contributed by atoms with Crippen LogP contribution in [0.15, 0.2) is 24.3 Å². The lowest BCUT2D eigenvalue weighted by Gasteiger charge is -2.29. The van der Waals surface area contributed by atoms with Gasteiger partial charge in [0.2, 0.25) is 15.9 Å². The lowest BCUT2D eigenvalue weighted by atomic mass is 9.86. The second-order valence-corrected chi connectivity index (χ2v) is 9.34. The third-order valence-electron chi connectivity index (χ3n) is 4.58. The lowest BCUT2D eigenvalue weighted by Crippen LogP contribution is -2.41. The maximum atomic E-state index is 11.9. The fraction of sp³-hybridized carbons (Fsp3) is 0.611. The molecule has 1 aliphatic rings. The molecule has 1 aromatic rings. The molecule has 0 bridgehead atoms. The van der Waals surface area contributed by atoms with Crippen molar-refractivity contribution in [3.63, 3.8) is 0 Å². The van der Waals surface area contributed by atoms with Crippen molar-refractivity contribution in [2.24, 2.45) is 5.92 Å². The molecule has 140 valence electrons. The number of hydrogen-bond acceptors (Lipinski definition) is 4. The van der Waals surface area contributed by atoms with E-state index in [0.717, 1.165) is 43.6 Å². The summed E-state index contributed by atoms with van der Waals surface area (Å²) in [5.41, 5.74) is 1.76. The quantitative estimate of drug-likeness (QED) is 0.691. The number of amides is 1. The predicted octanol–water partition coefficient (Wildman–Crippen LogP) is 2.94. The third-order valence-corrected chi connectivity index (χ3v) is 6.48. The molecule has 6 nitrogen and oxygen atoms in total. The Balaban J connectivity index is 1.78. The first kappa shape index (κ1) is 19.7. The van der Waals surface area contributed by atoms with E-state index in [0.29, 0.717) is 5.92 Å². The highest BCUT2D eigenvalue weighted by Crippen LogP contribution is 2.26. The summed E-state index contributed by atoms with van der Waals surface area (Å²) in [6.07, 6.45) is 3.77. The van der Waals surface area contributed by atoms with Crippen LogP contribution in [0.25, 0.3) is 0 Å². The van der Waals surface area contributed by atoms with Crippen LogP contribution in [0, 0.1) is 5.92 Å². The monoisotopic (exact) mass is 367 g/mol. The minimum atomic E-state index is -3.19. The van der Waals surface area contributed by atoms with Crippen LogP contribution in [0.2, 0.25) is 0 Å². The van der Waals surface area contributed by atoms with E-state index >= 15 is 0 Å². The number of carbonyl (C=O) groups excluding carboxylic acids is 1. The first-order valence-corrected chi connectivity index (χ1v) is 10.4. The maximum Gasteiger partial charge on any atom is 0.221 e. The molecule has 7 heteroatoms. The molecule has 3 N–H and O–H groups in total. The molecule has 0 radical (unpaired) electrons. The molecule has 0 aromatic heterocycles. The molecule has 1 amide bonds. The van der Waals surface area contributed by atoms with Gasteiger partial charge in [0.25, 0.3) is 0 Å². The predicted molar refractivity (Wildman–Crippen MR) is 102 cm³/mol. The van der Waals surface area contributed by atoms with Crippen molar-refractivity contribution < 1.29 is 13.2 Å². The Bertz CT molecular complexity index is 681. The molecule has 1 aliphatic carbocycles. The van der Waals surface area contributed by atoms with Gasteiger partial charge in [0.15, 0.2) is 0 Å². The molecular weight excluding hydrogens is 338 g/mol. The second-order valence-electron chi connectivity index (χ2n) is 7.07. The number of nitrogens with one attached hydrogen (secondary N) is 3. The van der Waals surface area contributed by atoms with Crippen molar-refractivity contribution >= 4 is 27.3 Å². The molecule has 1 aromatic carbocycles. The smallest absolute Gasteiger partial charge is 0.221 e. The summed E-state index contributed by atoms with van der Waals surface area (Å²) < 4.78 is 26.7. The van der Waals surface area contributed by atoms with Crippen LogP contribution in [-0.4, -0.2) is 32.2 Å². The molecule has 0 spiro atoms. The zero-order valence-corrected chi connectivity index (χ0v) is 16.0. The van der Waals surface area contributed by atoms with Gasteiger partial charge >= 0.3 is 0 Å². The average molecular weight is 368 g/mol. The molecule has 2 rings (SSSR count). The van der Waals surface area contributed by atoms with Gasteiger partial charge in [-0.25, -0.2) is 13.1 Å². The lowest BCUT2D eigenvalue weighted by molar-refractivity contribution is -0.114. The molecule has 0 unspecified atom stereocenters. The second kappa shape index (κ2) is 8.67. The zero-order valence-electron chi connectivity index (χ0n) is 15.2. The van der Waals surface area contributed by atoms with Gasteiger partial charge in [0.05, 0.1) is 5.25 Å². The summed E-state index contributed by atoms with van der Waals surface area (Å²) in [5, 5.41) is 5.81. The van der Waals surface area contributed by atoms with E-state index in [-0.39, 0.29) is 17.2 Å². The van der Waals surface area contributed by atoms with Gasteiger partial charge in [-0.05, 0) is 63.6 Å². The van der Waals surface area contributed by atoms with Crippen LogP contribution in [0.4, 0.5) is 11.4 Å². The van der Waals surface area contributed by atoms with Crippen LogP contribution in [0.5, 0.6) is 0 Å². The van der Waals surface area contributed by atoms with Crippen LogP contribution < -0.4 is 15.4 Å². The number of benzene rings is 1. The number of hydrogen-bond donors (Lipinski definition) is 3. The van der Waals surface area contributed by atoms with Crippen molar-refractivity contribution in [3.8, 4) is 0 Å². The number of rotatable bonds is 7. The highest BCUT2D eigenvalue weighted by Gasteiger charge is 2.26. The molecule has 0 saturated heterocycles. The Kier molecular flexibility index (Phi) is 6.84. The van der Waals surface area contributed by atoms with Gasteiger partial charge in [-0.15, -0.1) is 0 Å². The number of anilines is 2. The fourth-order valence-corrected chi connectivity index (χ4v) is 4.00. The van der Waals surface area contributed by atoms with Crippen molar-refractivity contribution in [1.29, 1.82) is 0 Å². The van der Waals surface area contributed by atoms with Crippen molar-refractivity contribution in [3.05, 3.63) is 24.3 Å². The fourth-order valence-electron chi connectivity index (χ4n) is 3.03. The Morgan fingerprint density at radius 3 is 2.40 bits per heavy atom. The summed E-state index contributed by atoms with van der Waals surface area (Å²) in [6, 6.07) is 7.73. The van der Waals surface area contributed by atoms with Gasteiger partial charge in [0, 0.05) is 30.9 Å². The van der Waals surface area contributed by atoms with E-state index in [4.69, 9.17) is 0 Å². The normalized spacial score (nSPS) is 21.1. The van der Waals surface area contributed by atoms with Crippen LogP contribution in [-0.2, 0) is 14.8 Å². The summed E-state index contributed by atoms with van der Waals surface area (Å²) in [7, 11) is -3.19. The Morgan fingerprint density at radius 2 is 1.80 bits per heavy atom. The Hall–Kier alpha value is -1.60. The van der Waals surface area contributed by atoms with E-state index in [1.807, 2.05) is 24.3 Å². The average Bonchev–Trinajstić information content (AvgIpc) is 2.53. The largest absolute Gasteiger partial charge is 0.385 e. The van der Waals surface area contributed by atoms with E-state index in [9.17, 15) is 13.2 Å². The van der Waals surface area contributed by atoms with Crippen molar-refractivity contribution in [1.82, 2.24) is 4.72 Å². The van der Waals surface area contributed by atoms with Gasteiger partial charge in [0.1, 0.15) is 0 Å². The van der Waals surface area contributed by atoms with E-state index < -0.39 is 10.0 Å². The molecule has 1 fully saturated rings. The topological polar surface area (TPSA) is 87.3 Å². The standard InChI is InChI=1S/C18H29N3O3S/c1-13(2)25(23,24)21-16-9-7-15(8-10-16)12-19-17-5-4-6-18(11-17)20-14(3)22/h4-6,11,13,15-16,19,21H,7-10,12H2,1-3H3,(H,20,22). The first-order valence-electron chi connectivity index (χ1n) is 8.89. The molecule has 1 saturated carbocycles. The van der Waals surface area contributed by atoms with Crippen molar-refractivity contribution in [2.75, 3.05) is 17.2 Å². The summed E-state index contributed by atoms with van der Waals surface area (Å²) in [4.78, 5) is 11.1. The highest BCUT2D eigenvalue weighted by atomic mass is 32.2. The first-order chi connectivity index (χ1) is 11.8. The Morgan fingerprint density at radius 1 is 1.16 bits per heavy atom. The van der Waals surface area contributed by atoms with Crippen LogP contribution >= 0.6 is 0 Å². The molecular formula is C18H29N3O3S. The van der Waals surface area contributed by atoms with Crippen LogP contribution in [0.1, 0.15) is 46.5 Å². The van der Waals surface area contributed by atoms with Gasteiger partial charge < -0.3 is 10.6 Å². The molecule has 25 heavy (non-hydrogen) atoms. The van der Waals surface area contributed by atoms with E-state index in [1.54, 1.807) is 13.8 Å². The third kappa shape index (κ3) is 6.32. The van der Waals surface area contributed by atoms with E-state index in [1.165, 1.54) is 6.92 Å². The number of carbonyl (C=O) groups is 1. The number of sulfonamides is 1. The zero-order chi connectivity index (χ0) is 18.4. The summed E-state index contributed by atoms with van der Waals surface area (Å²) in [6.45, 7) is 5.75. The summed E-state index contributed by atoms with van der Waals surface area (Å²) in [5.74, 6) is 0.448. The molecule has 0 atom stereocenters. The molecule has 0 heterocycles. The van der Waals surface area contributed by atoms with Gasteiger partial charge in [-0.2, -0.15) is 0 Å². The van der Waals surface area contributed by atoms with Crippen LogP contribution in [0.3, 0.4) is 0 Å². The summed E-state index contributed by atoms with van der Waals surface area (Å²) >= 11 is 0.